The Labute approximate surface area is 101 Å². The highest BCUT2D eigenvalue weighted by atomic mass is 127. The molecule has 0 amide bonds. The summed E-state index contributed by atoms with van der Waals surface area (Å²) in [7, 11) is 0. The lowest BCUT2D eigenvalue weighted by molar-refractivity contribution is -0.0127. The van der Waals surface area contributed by atoms with Gasteiger partial charge in [-0.1, -0.05) is 42.9 Å². The smallest absolute Gasteiger partial charge is 0.0878 e. The molecule has 0 aliphatic rings. The molecule has 2 unspecified atom stereocenters. The average molecular weight is 319 g/mol. The normalized spacial score (nSPS) is 18.2. The molecule has 0 aromatic heterocycles. The van der Waals surface area contributed by atoms with Gasteiger partial charge in [-0.15, -0.1) is 11.6 Å². The second kappa shape index (κ2) is 7.30. The molecular weight excluding hydrogens is 298 g/mol. The highest BCUT2D eigenvalue weighted by Crippen LogP contribution is 2.18. The highest BCUT2D eigenvalue weighted by Gasteiger charge is 2.22. The van der Waals surface area contributed by atoms with Crippen molar-refractivity contribution in [1.82, 2.24) is 0 Å². The molecule has 0 rings (SSSR count). The third-order valence-electron chi connectivity index (χ3n) is 2.06. The van der Waals surface area contributed by atoms with Gasteiger partial charge in [0.25, 0.3) is 0 Å². The minimum Gasteiger partial charge on any atom is -0.373 e. The molecule has 0 aliphatic heterocycles. The van der Waals surface area contributed by atoms with Crippen molar-refractivity contribution in [3.05, 3.63) is 0 Å². The van der Waals surface area contributed by atoms with E-state index < -0.39 is 0 Å². The van der Waals surface area contributed by atoms with Gasteiger partial charge in [-0.3, -0.25) is 0 Å². The summed E-state index contributed by atoms with van der Waals surface area (Å²) in [4.78, 5) is 0. The van der Waals surface area contributed by atoms with Crippen molar-refractivity contribution in [2.75, 3.05) is 16.9 Å². The molecule has 0 aromatic carbocycles. The minimum atomic E-state index is -0.135. The first-order valence-corrected chi connectivity index (χ1v) is 6.90. The summed E-state index contributed by atoms with van der Waals surface area (Å²) in [5, 5.41) is 0. The Kier molecular flexibility index (Phi) is 7.85. The third-order valence-corrected chi connectivity index (χ3v) is 4.24. The van der Waals surface area contributed by atoms with Gasteiger partial charge >= 0.3 is 0 Å². The molecule has 1 nitrogen and oxygen atoms in total. The fourth-order valence-electron chi connectivity index (χ4n) is 1.03. The first-order valence-electron chi connectivity index (χ1n) is 4.84. The Morgan fingerprint density at radius 1 is 1.54 bits per heavy atom. The number of hydrogen-bond acceptors (Lipinski definition) is 1. The van der Waals surface area contributed by atoms with Crippen LogP contribution in [0.2, 0.25) is 0 Å². The van der Waals surface area contributed by atoms with Crippen LogP contribution in [0.4, 0.5) is 0 Å². The number of hydrogen-bond donors (Lipinski definition) is 0. The maximum Gasteiger partial charge on any atom is 0.0878 e. The van der Waals surface area contributed by atoms with E-state index in [4.69, 9.17) is 16.3 Å². The standard InChI is InChI=1S/C10H20ClIO/c1-4-5-9(2)6-13-10(3,7-11)8-12/h9H,4-8H2,1-3H3. The van der Waals surface area contributed by atoms with E-state index in [-0.39, 0.29) is 5.60 Å². The zero-order chi connectivity index (χ0) is 10.3. The van der Waals surface area contributed by atoms with Crippen molar-refractivity contribution in [3.8, 4) is 0 Å². The fraction of sp³-hybridized carbons (Fsp3) is 1.00. The summed E-state index contributed by atoms with van der Waals surface area (Å²) in [6, 6.07) is 0. The van der Waals surface area contributed by atoms with Gasteiger partial charge < -0.3 is 4.74 Å². The molecule has 0 saturated carbocycles. The van der Waals surface area contributed by atoms with Gasteiger partial charge in [0, 0.05) is 11.0 Å². The lowest BCUT2D eigenvalue weighted by Gasteiger charge is -2.27. The van der Waals surface area contributed by atoms with E-state index in [2.05, 4.69) is 43.4 Å². The first kappa shape index (κ1) is 14.0. The molecule has 0 N–H and O–H groups in total. The zero-order valence-corrected chi connectivity index (χ0v) is 11.7. The maximum atomic E-state index is 5.84. The molecule has 0 spiro atoms. The van der Waals surface area contributed by atoms with Gasteiger partial charge in [0.15, 0.2) is 0 Å². The van der Waals surface area contributed by atoms with Crippen molar-refractivity contribution in [2.45, 2.75) is 39.2 Å². The first-order chi connectivity index (χ1) is 6.08. The third kappa shape index (κ3) is 6.13. The molecular formula is C10H20ClIO. The lowest BCUT2D eigenvalue weighted by atomic mass is 10.1. The van der Waals surface area contributed by atoms with Crippen molar-refractivity contribution in [2.24, 2.45) is 5.92 Å². The molecule has 0 fully saturated rings. The molecule has 0 saturated heterocycles. The number of ether oxygens (including phenoxy) is 1. The molecule has 0 heterocycles. The SMILES string of the molecule is CCCC(C)COC(C)(CCl)CI. The van der Waals surface area contributed by atoms with E-state index >= 15 is 0 Å². The molecule has 2 atom stereocenters. The topological polar surface area (TPSA) is 9.23 Å². The molecule has 13 heavy (non-hydrogen) atoms. The molecule has 0 aliphatic carbocycles. The molecule has 0 aromatic rings. The van der Waals surface area contributed by atoms with Gasteiger partial charge in [0.1, 0.15) is 0 Å². The van der Waals surface area contributed by atoms with Crippen molar-refractivity contribution < 1.29 is 4.74 Å². The van der Waals surface area contributed by atoms with Crippen molar-refractivity contribution in [3.63, 3.8) is 0 Å². The number of alkyl halides is 2. The van der Waals surface area contributed by atoms with E-state index in [0.29, 0.717) is 11.8 Å². The average Bonchev–Trinajstić information content (AvgIpc) is 2.15. The molecule has 3 heteroatoms. The zero-order valence-electron chi connectivity index (χ0n) is 8.78. The van der Waals surface area contributed by atoms with E-state index in [9.17, 15) is 0 Å². The summed E-state index contributed by atoms with van der Waals surface area (Å²) in [5.41, 5.74) is -0.135. The van der Waals surface area contributed by atoms with Crippen molar-refractivity contribution in [1.29, 1.82) is 0 Å². The van der Waals surface area contributed by atoms with E-state index in [0.717, 1.165) is 11.0 Å². The Balaban J connectivity index is 3.71. The van der Waals surface area contributed by atoms with Crippen LogP contribution in [-0.4, -0.2) is 22.5 Å². The van der Waals surface area contributed by atoms with E-state index in [1.807, 2.05) is 0 Å². The van der Waals surface area contributed by atoms with Crippen molar-refractivity contribution >= 4 is 34.2 Å². The lowest BCUT2D eigenvalue weighted by Crippen LogP contribution is -2.34. The second-order valence-corrected chi connectivity index (χ2v) is 4.95. The Hall–Kier alpha value is 0.980. The van der Waals surface area contributed by atoms with Gasteiger partial charge in [0.05, 0.1) is 11.5 Å². The van der Waals surface area contributed by atoms with E-state index in [1.54, 1.807) is 0 Å². The Bertz CT molecular complexity index is 126. The summed E-state index contributed by atoms with van der Waals surface area (Å²) < 4.78 is 6.75. The van der Waals surface area contributed by atoms with Crippen LogP contribution in [0.15, 0.2) is 0 Å². The van der Waals surface area contributed by atoms with Gasteiger partial charge in [-0.2, -0.15) is 0 Å². The van der Waals surface area contributed by atoms with Crippen LogP contribution < -0.4 is 0 Å². The summed E-state index contributed by atoms with van der Waals surface area (Å²) in [6.45, 7) is 7.34. The number of halogens is 2. The largest absolute Gasteiger partial charge is 0.373 e. The van der Waals surface area contributed by atoms with Crippen LogP contribution >= 0.6 is 34.2 Å². The summed E-state index contributed by atoms with van der Waals surface area (Å²) in [5.74, 6) is 1.23. The van der Waals surface area contributed by atoms with Gasteiger partial charge in [-0.25, -0.2) is 0 Å². The number of rotatable bonds is 7. The predicted molar refractivity (Wildman–Crippen MR) is 68.0 cm³/mol. The predicted octanol–water partition coefficient (Wildman–Crippen LogP) is 3.87. The quantitative estimate of drug-likeness (QED) is 0.511. The summed E-state index contributed by atoms with van der Waals surface area (Å²) >= 11 is 8.16. The maximum absolute atomic E-state index is 5.84. The minimum absolute atomic E-state index is 0.135. The monoisotopic (exact) mass is 318 g/mol. The Morgan fingerprint density at radius 2 is 2.15 bits per heavy atom. The van der Waals surface area contributed by atoms with E-state index in [1.165, 1.54) is 12.8 Å². The molecule has 80 valence electrons. The molecule has 0 radical (unpaired) electrons. The van der Waals surface area contributed by atoms with Crippen LogP contribution in [-0.2, 0) is 4.74 Å². The molecule has 0 bridgehead atoms. The van der Waals surface area contributed by atoms with Crippen LogP contribution in [0.3, 0.4) is 0 Å². The Morgan fingerprint density at radius 3 is 2.54 bits per heavy atom. The van der Waals surface area contributed by atoms with Gasteiger partial charge in [0.2, 0.25) is 0 Å². The van der Waals surface area contributed by atoms with Crippen LogP contribution in [0.1, 0.15) is 33.6 Å². The summed E-state index contributed by atoms with van der Waals surface area (Å²) in [6.07, 6.45) is 2.46. The van der Waals surface area contributed by atoms with Gasteiger partial charge in [-0.05, 0) is 19.3 Å². The van der Waals surface area contributed by atoms with Crippen LogP contribution in [0, 0.1) is 5.92 Å². The van der Waals surface area contributed by atoms with Crippen LogP contribution in [0.25, 0.3) is 0 Å². The second-order valence-electron chi connectivity index (χ2n) is 3.92. The fourth-order valence-corrected chi connectivity index (χ4v) is 2.01. The van der Waals surface area contributed by atoms with Crippen LogP contribution in [0.5, 0.6) is 0 Å². The highest BCUT2D eigenvalue weighted by molar-refractivity contribution is 14.1.